The number of carbonyl (C=O) groups excluding carboxylic acids is 1. The Hall–Kier alpha value is -2.05. The molecule has 0 N–H and O–H groups in total. The highest BCUT2D eigenvalue weighted by molar-refractivity contribution is 7.19. The molecule has 3 aromatic rings. The monoisotopic (exact) mass is 426 g/mol. The van der Waals surface area contributed by atoms with Gasteiger partial charge in [-0.05, 0) is 79.7 Å². The molecule has 0 saturated carbocycles. The lowest BCUT2D eigenvalue weighted by atomic mass is 9.86. The Morgan fingerprint density at radius 3 is 2.40 bits per heavy atom. The second-order valence-electron chi connectivity index (χ2n) is 9.30. The summed E-state index contributed by atoms with van der Waals surface area (Å²) in [6.45, 7) is 13.4. The van der Waals surface area contributed by atoms with Crippen LogP contribution in [0.5, 0.6) is 0 Å². The highest BCUT2D eigenvalue weighted by Crippen LogP contribution is 2.47. The molecule has 0 saturated heterocycles. The van der Waals surface area contributed by atoms with E-state index in [-0.39, 0.29) is 5.78 Å². The summed E-state index contributed by atoms with van der Waals surface area (Å²) in [6.07, 6.45) is 3.85. The lowest BCUT2D eigenvalue weighted by Crippen LogP contribution is -2.27. The molecule has 0 aromatic carbocycles. The van der Waals surface area contributed by atoms with E-state index in [0.717, 1.165) is 56.9 Å². The fourth-order valence-corrected chi connectivity index (χ4v) is 5.85. The van der Waals surface area contributed by atoms with Gasteiger partial charge in [0.05, 0.1) is 11.3 Å². The first-order valence-electron chi connectivity index (χ1n) is 10.6. The zero-order valence-electron chi connectivity index (χ0n) is 18.9. The van der Waals surface area contributed by atoms with Gasteiger partial charge in [-0.1, -0.05) is 5.16 Å². The first-order chi connectivity index (χ1) is 14.1. The van der Waals surface area contributed by atoms with Crippen LogP contribution in [-0.2, 0) is 22.4 Å². The Kier molecular flexibility index (Phi) is 5.35. The van der Waals surface area contributed by atoms with Crippen molar-refractivity contribution in [3.63, 3.8) is 0 Å². The number of rotatable bonds is 4. The average Bonchev–Trinajstić information content (AvgIpc) is 3.17. The number of hydrogen-bond donors (Lipinski definition) is 0. The van der Waals surface area contributed by atoms with Gasteiger partial charge < -0.3 is 9.26 Å². The van der Waals surface area contributed by atoms with Crippen molar-refractivity contribution >= 4 is 27.3 Å². The number of carbonyl (C=O) groups is 1. The molecule has 0 radical (unpaired) electrons. The number of Topliss-reactive ketones (excluding diaryl/α,β-unsaturated/α-hetero) is 1. The van der Waals surface area contributed by atoms with Gasteiger partial charge in [0.2, 0.25) is 0 Å². The predicted octanol–water partition coefficient (Wildman–Crippen LogP) is 6.20. The summed E-state index contributed by atoms with van der Waals surface area (Å²) in [7, 11) is 0. The molecule has 3 aromatic heterocycles. The maximum atomic E-state index is 12.8. The molecule has 5 nitrogen and oxygen atoms in total. The van der Waals surface area contributed by atoms with Gasteiger partial charge in [0.15, 0.2) is 5.78 Å². The molecule has 1 atom stereocenters. The molecule has 0 spiro atoms. The van der Waals surface area contributed by atoms with E-state index >= 15 is 0 Å². The van der Waals surface area contributed by atoms with Crippen LogP contribution in [0, 0.1) is 20.8 Å². The summed E-state index contributed by atoms with van der Waals surface area (Å²) < 4.78 is 11.9. The SMILES string of the molecule is CC(=O)C(OC(C)(C)C)c1c(C)nc2sc3c(c2c1-c1c(C)noc1C)CCCC3. The summed E-state index contributed by atoms with van der Waals surface area (Å²) in [5, 5.41) is 5.39. The van der Waals surface area contributed by atoms with Crippen molar-refractivity contribution in [2.45, 2.75) is 85.9 Å². The van der Waals surface area contributed by atoms with Crippen LogP contribution < -0.4 is 0 Å². The largest absolute Gasteiger partial charge is 0.361 e. The number of ketones is 1. The molecule has 0 fully saturated rings. The van der Waals surface area contributed by atoms with Gasteiger partial charge in [-0.2, -0.15) is 0 Å². The van der Waals surface area contributed by atoms with E-state index in [4.69, 9.17) is 14.2 Å². The first-order valence-corrected chi connectivity index (χ1v) is 11.5. The van der Waals surface area contributed by atoms with Crippen molar-refractivity contribution in [2.75, 3.05) is 0 Å². The minimum atomic E-state index is -0.690. The van der Waals surface area contributed by atoms with Crippen LogP contribution in [0.4, 0.5) is 0 Å². The molecule has 1 unspecified atom stereocenters. The van der Waals surface area contributed by atoms with Crippen LogP contribution >= 0.6 is 11.3 Å². The highest BCUT2D eigenvalue weighted by Gasteiger charge is 2.33. The first kappa shape index (κ1) is 21.2. The Morgan fingerprint density at radius 1 is 1.10 bits per heavy atom. The van der Waals surface area contributed by atoms with Crippen LogP contribution in [0.1, 0.15) is 79.8 Å². The molecule has 1 aliphatic carbocycles. The number of nitrogens with zero attached hydrogens (tertiary/aromatic N) is 2. The third-order valence-electron chi connectivity index (χ3n) is 5.72. The van der Waals surface area contributed by atoms with Crippen molar-refractivity contribution in [1.29, 1.82) is 0 Å². The Balaban J connectivity index is 2.13. The smallest absolute Gasteiger partial charge is 0.163 e. The number of aromatic nitrogens is 2. The molecule has 3 heterocycles. The minimum Gasteiger partial charge on any atom is -0.361 e. The van der Waals surface area contributed by atoms with E-state index in [2.05, 4.69) is 5.16 Å². The van der Waals surface area contributed by atoms with E-state index in [1.165, 1.54) is 23.3 Å². The van der Waals surface area contributed by atoms with E-state index in [1.807, 2.05) is 41.5 Å². The Bertz CT molecular complexity index is 1110. The van der Waals surface area contributed by atoms with E-state index in [0.29, 0.717) is 0 Å². The van der Waals surface area contributed by atoms with Crippen molar-refractivity contribution < 1.29 is 14.1 Å². The number of fused-ring (bicyclic) bond motifs is 3. The van der Waals surface area contributed by atoms with Crippen molar-refractivity contribution in [3.05, 3.63) is 33.2 Å². The number of hydrogen-bond acceptors (Lipinski definition) is 6. The third-order valence-corrected chi connectivity index (χ3v) is 6.90. The lowest BCUT2D eigenvalue weighted by molar-refractivity contribution is -0.138. The number of aryl methyl sites for hydroxylation is 5. The topological polar surface area (TPSA) is 65.2 Å². The average molecular weight is 427 g/mol. The van der Waals surface area contributed by atoms with Crippen molar-refractivity contribution in [2.24, 2.45) is 0 Å². The van der Waals surface area contributed by atoms with E-state index in [9.17, 15) is 4.79 Å². The molecule has 0 bridgehead atoms. The van der Waals surface area contributed by atoms with Gasteiger partial charge in [0, 0.05) is 32.6 Å². The zero-order valence-corrected chi connectivity index (χ0v) is 19.7. The molecular weight excluding hydrogens is 396 g/mol. The van der Waals surface area contributed by atoms with Crippen LogP contribution in [0.3, 0.4) is 0 Å². The van der Waals surface area contributed by atoms with Gasteiger partial charge in [-0.15, -0.1) is 11.3 Å². The van der Waals surface area contributed by atoms with E-state index < -0.39 is 11.7 Å². The number of ether oxygens (including phenoxy) is 1. The highest BCUT2D eigenvalue weighted by atomic mass is 32.1. The summed E-state index contributed by atoms with van der Waals surface area (Å²) in [6, 6.07) is 0. The second kappa shape index (κ2) is 7.57. The standard InChI is InChI=1S/C24H30N2O3S/c1-12-19(22(14(3)27)28-24(5,6)7)21(18-13(2)26-29-15(18)4)20-16-10-8-9-11-17(16)30-23(20)25-12/h22H,8-11H2,1-7H3. The Morgan fingerprint density at radius 2 is 1.80 bits per heavy atom. The quantitative estimate of drug-likeness (QED) is 0.497. The van der Waals surface area contributed by atoms with Crippen LogP contribution in [0.25, 0.3) is 21.3 Å². The van der Waals surface area contributed by atoms with Gasteiger partial charge in [0.25, 0.3) is 0 Å². The molecule has 0 aliphatic heterocycles. The van der Waals surface area contributed by atoms with Gasteiger partial charge >= 0.3 is 0 Å². The van der Waals surface area contributed by atoms with E-state index in [1.54, 1.807) is 18.3 Å². The fraction of sp³-hybridized carbons (Fsp3) is 0.542. The summed E-state index contributed by atoms with van der Waals surface area (Å²) in [5.74, 6) is 0.737. The molecular formula is C24H30N2O3S. The Labute approximate surface area is 181 Å². The van der Waals surface area contributed by atoms with Gasteiger partial charge in [0.1, 0.15) is 16.7 Å². The lowest BCUT2D eigenvalue weighted by Gasteiger charge is -2.29. The molecule has 160 valence electrons. The van der Waals surface area contributed by atoms with Crippen LogP contribution in [0.2, 0.25) is 0 Å². The minimum absolute atomic E-state index is 0.0220. The third kappa shape index (κ3) is 3.60. The van der Waals surface area contributed by atoms with Crippen LogP contribution in [0.15, 0.2) is 4.52 Å². The summed E-state index contributed by atoms with van der Waals surface area (Å²) >= 11 is 1.79. The van der Waals surface area contributed by atoms with Gasteiger partial charge in [-0.3, -0.25) is 4.79 Å². The molecule has 1 aliphatic rings. The molecule has 30 heavy (non-hydrogen) atoms. The predicted molar refractivity (Wildman–Crippen MR) is 120 cm³/mol. The van der Waals surface area contributed by atoms with Crippen LogP contribution in [-0.4, -0.2) is 21.5 Å². The second-order valence-corrected chi connectivity index (χ2v) is 10.4. The fourth-order valence-electron chi connectivity index (χ4n) is 4.54. The van der Waals surface area contributed by atoms with Crippen molar-refractivity contribution in [3.8, 4) is 11.1 Å². The summed E-state index contributed by atoms with van der Waals surface area (Å²) in [5.41, 5.74) is 5.42. The zero-order chi connectivity index (χ0) is 21.8. The van der Waals surface area contributed by atoms with Crippen molar-refractivity contribution in [1.82, 2.24) is 10.1 Å². The number of thiophene rings is 1. The summed E-state index contributed by atoms with van der Waals surface area (Å²) in [4.78, 5) is 20.3. The maximum Gasteiger partial charge on any atom is 0.163 e. The van der Waals surface area contributed by atoms with Gasteiger partial charge in [-0.25, -0.2) is 4.98 Å². The number of pyridine rings is 1. The molecule has 6 heteroatoms. The normalized spacial score (nSPS) is 15.4. The molecule has 4 rings (SSSR count). The molecule has 0 amide bonds. The maximum absolute atomic E-state index is 12.8.